The molecule has 0 bridgehead atoms. The summed E-state index contributed by atoms with van der Waals surface area (Å²) in [7, 11) is 0. The van der Waals surface area contributed by atoms with Gasteiger partial charge < -0.3 is 14.5 Å². The Balaban J connectivity index is 1.14. The first-order valence-electron chi connectivity index (χ1n) is 11.6. The zero-order chi connectivity index (χ0) is 25.0. The molecule has 2 saturated heterocycles. The number of alkyl halides is 3. The van der Waals surface area contributed by atoms with Gasteiger partial charge in [-0.15, -0.1) is 0 Å². The molecule has 0 radical (unpaired) electrons. The number of fused-ring (bicyclic) bond motifs is 1. The molecular formula is C23H25F4N5O3. The smallest absolute Gasteiger partial charge is 0.407 e. The van der Waals surface area contributed by atoms with Crippen LogP contribution in [0, 0.1) is 17.2 Å². The van der Waals surface area contributed by atoms with Crippen LogP contribution in [-0.4, -0.2) is 62.9 Å². The molecule has 1 aromatic carbocycles. The summed E-state index contributed by atoms with van der Waals surface area (Å²) < 4.78 is 57.2. The number of hydrogen-bond donors (Lipinski definition) is 1. The van der Waals surface area contributed by atoms with Crippen LogP contribution in [-0.2, 0) is 23.8 Å². The topological polar surface area (TPSA) is 91.4 Å². The van der Waals surface area contributed by atoms with E-state index in [9.17, 15) is 27.2 Å². The number of H-pyrrole nitrogens is 1. The van der Waals surface area contributed by atoms with Gasteiger partial charge in [0.2, 0.25) is 5.91 Å². The van der Waals surface area contributed by atoms with Crippen molar-refractivity contribution in [3.63, 3.8) is 0 Å². The summed E-state index contributed by atoms with van der Waals surface area (Å²) in [5.41, 5.74) is 0.536. The minimum absolute atomic E-state index is 0.0271. The molecule has 2 unspecified atom stereocenters. The third-order valence-electron chi connectivity index (χ3n) is 7.82. The Bertz CT molecular complexity index is 1140. The molecule has 2 amide bonds. The van der Waals surface area contributed by atoms with Crippen molar-refractivity contribution >= 4 is 12.0 Å². The number of aromatic amines is 1. The summed E-state index contributed by atoms with van der Waals surface area (Å²) in [5.74, 6) is -1.78. The minimum atomic E-state index is -4.69. The van der Waals surface area contributed by atoms with Gasteiger partial charge in [0.15, 0.2) is 11.6 Å². The average Bonchev–Trinajstić information content (AvgIpc) is 3.31. The van der Waals surface area contributed by atoms with Crippen LogP contribution >= 0.6 is 0 Å². The van der Waals surface area contributed by atoms with Crippen molar-refractivity contribution in [2.75, 3.05) is 19.6 Å². The van der Waals surface area contributed by atoms with Gasteiger partial charge in [-0.1, -0.05) is 0 Å². The number of nitrogens with zero attached hydrogens (tertiary/aromatic N) is 4. The van der Waals surface area contributed by atoms with Gasteiger partial charge in [0.1, 0.15) is 0 Å². The van der Waals surface area contributed by atoms with Gasteiger partial charge >= 0.3 is 12.3 Å². The highest BCUT2D eigenvalue weighted by Crippen LogP contribution is 2.47. The molecular weight excluding hydrogens is 470 g/mol. The van der Waals surface area contributed by atoms with E-state index in [1.807, 2.05) is 11.8 Å². The van der Waals surface area contributed by atoms with E-state index in [4.69, 9.17) is 4.74 Å². The zero-order valence-corrected chi connectivity index (χ0v) is 19.1. The van der Waals surface area contributed by atoms with Crippen LogP contribution in [0.5, 0.6) is 5.75 Å². The van der Waals surface area contributed by atoms with E-state index in [-0.39, 0.29) is 23.3 Å². The fourth-order valence-electron chi connectivity index (χ4n) is 5.45. The molecule has 2 fully saturated rings. The largest absolute Gasteiger partial charge is 0.416 e. The number of halogens is 4. The van der Waals surface area contributed by atoms with Crippen LogP contribution < -0.4 is 4.74 Å². The van der Waals surface area contributed by atoms with Gasteiger partial charge in [-0.25, -0.2) is 9.18 Å². The average molecular weight is 495 g/mol. The molecule has 2 aromatic rings. The number of rotatable bonds is 2. The van der Waals surface area contributed by atoms with Crippen LogP contribution in [0.25, 0.3) is 0 Å². The lowest BCUT2D eigenvalue weighted by Crippen LogP contribution is -2.68. The maximum Gasteiger partial charge on any atom is 0.416 e. The first-order chi connectivity index (χ1) is 16.6. The molecule has 3 aliphatic rings. The molecule has 188 valence electrons. The Morgan fingerprint density at radius 1 is 1.17 bits per heavy atom. The van der Waals surface area contributed by atoms with Crippen molar-refractivity contribution in [1.29, 1.82) is 0 Å². The quantitative estimate of drug-likeness (QED) is 0.644. The Morgan fingerprint density at radius 3 is 2.54 bits per heavy atom. The number of amides is 2. The number of carbonyl (C=O) groups is 2. The summed E-state index contributed by atoms with van der Waals surface area (Å²) in [4.78, 5) is 28.9. The Kier molecular flexibility index (Phi) is 5.71. The van der Waals surface area contributed by atoms with Gasteiger partial charge in [0, 0.05) is 43.4 Å². The lowest BCUT2D eigenvalue weighted by molar-refractivity contribution is -0.163. The molecule has 35 heavy (non-hydrogen) atoms. The summed E-state index contributed by atoms with van der Waals surface area (Å²) in [6.45, 7) is 3.36. The van der Waals surface area contributed by atoms with Crippen LogP contribution in [0.15, 0.2) is 18.2 Å². The van der Waals surface area contributed by atoms with E-state index >= 15 is 0 Å². The number of hydrogen-bond acceptors (Lipinski definition) is 5. The first-order valence-corrected chi connectivity index (χ1v) is 11.6. The number of aromatic nitrogens is 3. The number of nitrogens with one attached hydrogen (secondary N) is 1. The van der Waals surface area contributed by atoms with Gasteiger partial charge in [-0.05, 0) is 50.8 Å². The molecule has 2 aliphatic heterocycles. The number of benzene rings is 1. The molecule has 1 aromatic heterocycles. The van der Waals surface area contributed by atoms with Crippen molar-refractivity contribution in [2.45, 2.75) is 51.2 Å². The minimum Gasteiger partial charge on any atom is -0.407 e. The number of ether oxygens (including phenoxy) is 1. The van der Waals surface area contributed by atoms with Crippen molar-refractivity contribution in [3.8, 4) is 5.75 Å². The number of likely N-dealkylation sites (tertiary alicyclic amines) is 2. The Labute approximate surface area is 198 Å². The molecule has 0 saturated carbocycles. The molecule has 1 aliphatic carbocycles. The van der Waals surface area contributed by atoms with Crippen LogP contribution in [0.2, 0.25) is 0 Å². The summed E-state index contributed by atoms with van der Waals surface area (Å²) in [6, 6.07) is 1.82. The van der Waals surface area contributed by atoms with E-state index in [1.54, 1.807) is 0 Å². The van der Waals surface area contributed by atoms with Crippen molar-refractivity contribution in [1.82, 2.24) is 25.2 Å². The predicted octanol–water partition coefficient (Wildman–Crippen LogP) is 3.58. The predicted molar refractivity (Wildman–Crippen MR) is 114 cm³/mol. The third-order valence-corrected chi connectivity index (χ3v) is 7.82. The normalized spacial score (nSPS) is 23.6. The lowest BCUT2D eigenvalue weighted by atomic mass is 9.65. The first kappa shape index (κ1) is 23.6. The van der Waals surface area contributed by atoms with E-state index in [0.717, 1.165) is 30.3 Å². The second-order valence-electron chi connectivity index (χ2n) is 9.66. The van der Waals surface area contributed by atoms with Crippen LogP contribution in [0.3, 0.4) is 0 Å². The van der Waals surface area contributed by atoms with Gasteiger partial charge in [-0.2, -0.15) is 28.6 Å². The summed E-state index contributed by atoms with van der Waals surface area (Å²) >= 11 is 0. The summed E-state index contributed by atoms with van der Waals surface area (Å²) in [5, 5.41) is 10.9. The Morgan fingerprint density at radius 2 is 1.89 bits per heavy atom. The fraction of sp³-hybridized carbons (Fsp3) is 0.565. The molecule has 5 rings (SSSR count). The second kappa shape index (κ2) is 8.49. The van der Waals surface area contributed by atoms with E-state index in [0.29, 0.717) is 51.0 Å². The number of carbonyl (C=O) groups excluding carboxylic acids is 2. The highest BCUT2D eigenvalue weighted by molar-refractivity contribution is 5.81. The van der Waals surface area contributed by atoms with Crippen molar-refractivity contribution in [3.05, 3.63) is 41.0 Å². The standard InChI is InChI=1S/C23H25F4N5O3/c1-13-22(12-32(13)20(33)14-2-4-17-18(10-14)29-30-28-17)6-8-31(9-7-22)21(34)35-19-5-3-15(11-16(19)24)23(25,26)27/h3,5,11,13-14H,2,4,6-10,12H2,1H3,(H,28,29,30). The summed E-state index contributed by atoms with van der Waals surface area (Å²) in [6.07, 6.45) is -2.12. The number of piperidine rings is 1. The van der Waals surface area contributed by atoms with Crippen molar-refractivity contribution < 1.29 is 31.9 Å². The van der Waals surface area contributed by atoms with Gasteiger partial charge in [-0.3, -0.25) is 4.79 Å². The second-order valence-corrected chi connectivity index (χ2v) is 9.66. The van der Waals surface area contributed by atoms with E-state index in [2.05, 4.69) is 15.4 Å². The molecule has 3 heterocycles. The fourth-order valence-corrected chi connectivity index (χ4v) is 5.45. The molecule has 12 heteroatoms. The van der Waals surface area contributed by atoms with E-state index in [1.165, 1.54) is 4.90 Å². The van der Waals surface area contributed by atoms with Gasteiger partial charge in [0.05, 0.1) is 17.0 Å². The van der Waals surface area contributed by atoms with E-state index < -0.39 is 29.4 Å². The highest BCUT2D eigenvalue weighted by Gasteiger charge is 2.54. The highest BCUT2D eigenvalue weighted by atomic mass is 19.4. The molecule has 1 N–H and O–H groups in total. The lowest BCUT2D eigenvalue weighted by Gasteiger charge is -2.59. The van der Waals surface area contributed by atoms with Crippen molar-refractivity contribution in [2.24, 2.45) is 11.3 Å². The SMILES string of the molecule is CC1N(C(=O)C2CCc3n[nH]nc3C2)CC12CCN(C(=O)Oc1ccc(C(F)(F)F)cc1F)CC2. The maximum absolute atomic E-state index is 14.0. The maximum atomic E-state index is 14.0. The number of aryl methyl sites for hydroxylation is 1. The van der Waals surface area contributed by atoms with Crippen LogP contribution in [0.1, 0.15) is 43.1 Å². The molecule has 2 atom stereocenters. The molecule has 1 spiro atoms. The monoisotopic (exact) mass is 495 g/mol. The Hall–Kier alpha value is -3.18. The zero-order valence-electron chi connectivity index (χ0n) is 19.1. The molecule has 8 nitrogen and oxygen atoms in total. The van der Waals surface area contributed by atoms with Crippen LogP contribution in [0.4, 0.5) is 22.4 Å². The van der Waals surface area contributed by atoms with Gasteiger partial charge in [0.25, 0.3) is 0 Å². The third kappa shape index (κ3) is 4.23.